The number of hydrogen-bond acceptors (Lipinski definition) is 4. The molecule has 4 heteroatoms. The van der Waals surface area contributed by atoms with E-state index in [1.54, 1.807) is 19.9 Å². The van der Waals surface area contributed by atoms with Crippen LogP contribution in [0.3, 0.4) is 0 Å². The van der Waals surface area contributed by atoms with Crippen molar-refractivity contribution in [2.24, 2.45) is 0 Å². The molecule has 0 heterocycles. The van der Waals surface area contributed by atoms with Crippen molar-refractivity contribution in [1.82, 2.24) is 0 Å². The van der Waals surface area contributed by atoms with E-state index < -0.39 is 12.2 Å². The Labute approximate surface area is 114 Å². The Morgan fingerprint density at radius 3 is 2.58 bits per heavy atom. The highest BCUT2D eigenvalue weighted by atomic mass is 16.6. The molecular weight excluding hydrogens is 244 g/mol. The minimum atomic E-state index is -0.644. The molecular formula is C15H22O4. The third-order valence-electron chi connectivity index (χ3n) is 2.80. The van der Waals surface area contributed by atoms with Crippen molar-refractivity contribution >= 4 is 5.97 Å². The first kappa shape index (κ1) is 15.5. The summed E-state index contributed by atoms with van der Waals surface area (Å²) in [7, 11) is 0. The zero-order chi connectivity index (χ0) is 14.4. The van der Waals surface area contributed by atoms with Crippen LogP contribution in [0, 0.1) is 6.92 Å². The molecule has 0 spiro atoms. The summed E-state index contributed by atoms with van der Waals surface area (Å²) in [6.45, 7) is 7.57. The van der Waals surface area contributed by atoms with Gasteiger partial charge < -0.3 is 14.6 Å². The van der Waals surface area contributed by atoms with E-state index in [4.69, 9.17) is 9.47 Å². The van der Waals surface area contributed by atoms with Crippen LogP contribution in [0.5, 0.6) is 5.75 Å². The van der Waals surface area contributed by atoms with Crippen molar-refractivity contribution < 1.29 is 19.4 Å². The second kappa shape index (κ2) is 7.14. The number of aliphatic hydroxyl groups is 1. The van der Waals surface area contributed by atoms with Gasteiger partial charge in [0.25, 0.3) is 0 Å². The predicted molar refractivity (Wildman–Crippen MR) is 73.2 cm³/mol. The molecule has 4 nitrogen and oxygen atoms in total. The molecule has 106 valence electrons. The summed E-state index contributed by atoms with van der Waals surface area (Å²) in [5.41, 5.74) is 1.72. The zero-order valence-corrected chi connectivity index (χ0v) is 12.0. The van der Waals surface area contributed by atoms with Crippen molar-refractivity contribution in [3.63, 3.8) is 0 Å². The molecule has 0 aromatic heterocycles. The number of aryl methyl sites for hydroxylation is 1. The van der Waals surface area contributed by atoms with Crippen molar-refractivity contribution in [3.8, 4) is 5.75 Å². The van der Waals surface area contributed by atoms with Gasteiger partial charge in [-0.1, -0.05) is 18.6 Å². The SMILES string of the molecule is CCOC(=O)C(CC)Oc1ccc(C)cc1C(C)O. The molecule has 2 atom stereocenters. The lowest BCUT2D eigenvalue weighted by Crippen LogP contribution is -2.29. The standard InChI is InChI=1S/C15H22O4/c1-5-13(15(17)18-6-2)19-14-8-7-10(3)9-12(14)11(4)16/h7-9,11,13,16H,5-6H2,1-4H3. The molecule has 0 fully saturated rings. The summed E-state index contributed by atoms with van der Waals surface area (Å²) in [4.78, 5) is 11.7. The van der Waals surface area contributed by atoms with E-state index in [1.165, 1.54) is 0 Å². The Kier molecular flexibility index (Phi) is 5.83. The Morgan fingerprint density at radius 2 is 2.05 bits per heavy atom. The summed E-state index contributed by atoms with van der Waals surface area (Å²) in [5, 5.41) is 9.76. The van der Waals surface area contributed by atoms with Crippen LogP contribution in [0.2, 0.25) is 0 Å². The van der Waals surface area contributed by atoms with Crippen LogP contribution in [0.15, 0.2) is 18.2 Å². The lowest BCUT2D eigenvalue weighted by molar-refractivity contribution is -0.151. The number of carbonyl (C=O) groups excluding carboxylic acids is 1. The molecule has 0 amide bonds. The largest absolute Gasteiger partial charge is 0.478 e. The van der Waals surface area contributed by atoms with Gasteiger partial charge in [0.1, 0.15) is 5.75 Å². The zero-order valence-electron chi connectivity index (χ0n) is 12.0. The van der Waals surface area contributed by atoms with Crippen LogP contribution in [0.25, 0.3) is 0 Å². The van der Waals surface area contributed by atoms with E-state index in [2.05, 4.69) is 0 Å². The van der Waals surface area contributed by atoms with Gasteiger partial charge in [0, 0.05) is 5.56 Å². The van der Waals surface area contributed by atoms with Gasteiger partial charge in [0.15, 0.2) is 6.10 Å². The molecule has 19 heavy (non-hydrogen) atoms. The number of hydrogen-bond donors (Lipinski definition) is 1. The number of carbonyl (C=O) groups is 1. The minimum Gasteiger partial charge on any atom is -0.478 e. The van der Waals surface area contributed by atoms with Gasteiger partial charge in [-0.3, -0.25) is 0 Å². The van der Waals surface area contributed by atoms with E-state index in [0.717, 1.165) is 5.56 Å². The van der Waals surface area contributed by atoms with E-state index >= 15 is 0 Å². The molecule has 0 aliphatic heterocycles. The van der Waals surface area contributed by atoms with Gasteiger partial charge in [-0.15, -0.1) is 0 Å². The Balaban J connectivity index is 2.93. The topological polar surface area (TPSA) is 55.8 Å². The third kappa shape index (κ3) is 4.24. The van der Waals surface area contributed by atoms with Crippen LogP contribution < -0.4 is 4.74 Å². The quantitative estimate of drug-likeness (QED) is 0.804. The van der Waals surface area contributed by atoms with Crippen molar-refractivity contribution in [2.75, 3.05) is 6.61 Å². The van der Waals surface area contributed by atoms with Gasteiger partial charge in [-0.2, -0.15) is 0 Å². The Morgan fingerprint density at radius 1 is 1.37 bits per heavy atom. The van der Waals surface area contributed by atoms with E-state index in [0.29, 0.717) is 24.3 Å². The maximum absolute atomic E-state index is 11.7. The Hall–Kier alpha value is -1.55. The third-order valence-corrected chi connectivity index (χ3v) is 2.80. The molecule has 0 aliphatic carbocycles. The monoisotopic (exact) mass is 266 g/mol. The number of aliphatic hydroxyl groups excluding tert-OH is 1. The average molecular weight is 266 g/mol. The number of rotatable bonds is 6. The second-order valence-electron chi connectivity index (χ2n) is 4.48. The van der Waals surface area contributed by atoms with Gasteiger partial charge in [-0.25, -0.2) is 4.79 Å². The maximum Gasteiger partial charge on any atom is 0.347 e. The lowest BCUT2D eigenvalue weighted by atomic mass is 10.1. The van der Waals surface area contributed by atoms with Gasteiger partial charge in [0.2, 0.25) is 0 Å². The number of esters is 1. The summed E-state index contributed by atoms with van der Waals surface area (Å²) in [5.74, 6) is 0.155. The second-order valence-corrected chi connectivity index (χ2v) is 4.48. The van der Waals surface area contributed by atoms with E-state index in [-0.39, 0.29) is 5.97 Å². The van der Waals surface area contributed by atoms with Crippen LogP contribution in [-0.4, -0.2) is 23.8 Å². The highest BCUT2D eigenvalue weighted by Gasteiger charge is 2.21. The fourth-order valence-corrected chi connectivity index (χ4v) is 1.79. The summed E-state index contributed by atoms with van der Waals surface area (Å²) in [6, 6.07) is 5.52. The average Bonchev–Trinajstić information content (AvgIpc) is 2.37. The number of benzene rings is 1. The smallest absolute Gasteiger partial charge is 0.347 e. The van der Waals surface area contributed by atoms with Crippen molar-refractivity contribution in [3.05, 3.63) is 29.3 Å². The Bertz CT molecular complexity index is 426. The highest BCUT2D eigenvalue weighted by molar-refractivity contribution is 5.75. The van der Waals surface area contributed by atoms with Crippen LogP contribution in [-0.2, 0) is 9.53 Å². The fraction of sp³-hybridized carbons (Fsp3) is 0.533. The normalized spacial score (nSPS) is 13.7. The molecule has 0 aliphatic rings. The first-order chi connectivity index (χ1) is 8.99. The molecule has 1 N–H and O–H groups in total. The summed E-state index contributed by atoms with van der Waals surface area (Å²) < 4.78 is 10.7. The van der Waals surface area contributed by atoms with Crippen molar-refractivity contribution in [1.29, 1.82) is 0 Å². The predicted octanol–water partition coefficient (Wildman–Crippen LogP) is 2.77. The molecule has 0 bridgehead atoms. The summed E-state index contributed by atoms with van der Waals surface area (Å²) in [6.07, 6.45) is -0.763. The van der Waals surface area contributed by atoms with E-state index in [9.17, 15) is 9.90 Å². The van der Waals surface area contributed by atoms with Crippen LogP contribution >= 0.6 is 0 Å². The van der Waals surface area contributed by atoms with E-state index in [1.807, 2.05) is 26.0 Å². The molecule has 2 unspecified atom stereocenters. The molecule has 0 saturated carbocycles. The fourth-order valence-electron chi connectivity index (χ4n) is 1.79. The highest BCUT2D eigenvalue weighted by Crippen LogP contribution is 2.27. The van der Waals surface area contributed by atoms with Gasteiger partial charge in [-0.05, 0) is 39.3 Å². The summed E-state index contributed by atoms with van der Waals surface area (Å²) >= 11 is 0. The first-order valence-electron chi connectivity index (χ1n) is 6.61. The lowest BCUT2D eigenvalue weighted by Gasteiger charge is -2.19. The number of ether oxygens (including phenoxy) is 2. The van der Waals surface area contributed by atoms with Crippen LogP contribution in [0.1, 0.15) is 44.4 Å². The van der Waals surface area contributed by atoms with Crippen molar-refractivity contribution in [2.45, 2.75) is 46.3 Å². The van der Waals surface area contributed by atoms with Crippen LogP contribution in [0.4, 0.5) is 0 Å². The molecule has 1 aromatic rings. The molecule has 0 radical (unpaired) electrons. The molecule has 1 rings (SSSR count). The minimum absolute atomic E-state index is 0.329. The first-order valence-corrected chi connectivity index (χ1v) is 6.61. The molecule has 0 saturated heterocycles. The van der Waals surface area contributed by atoms with Gasteiger partial charge in [0.05, 0.1) is 12.7 Å². The maximum atomic E-state index is 11.7. The molecule has 1 aromatic carbocycles. The van der Waals surface area contributed by atoms with Gasteiger partial charge >= 0.3 is 5.97 Å².